The van der Waals surface area contributed by atoms with Gasteiger partial charge in [0.25, 0.3) is 5.56 Å². The third-order valence-electron chi connectivity index (χ3n) is 4.79. The Kier molecular flexibility index (Phi) is 6.11. The molecular weight excluding hydrogens is 346 g/mol. The molecule has 0 radical (unpaired) electrons. The molecule has 2 heterocycles. The molecule has 1 aliphatic heterocycles. The highest BCUT2D eigenvalue weighted by molar-refractivity contribution is 5.76. The van der Waals surface area contributed by atoms with Gasteiger partial charge in [0, 0.05) is 24.7 Å². The monoisotopic (exact) mass is 371 g/mol. The SMILES string of the molecule is COc1ccc(OC)c(-c2ccc(=O)n(CC(=O)N3CCCCCC3)n2)c1. The van der Waals surface area contributed by atoms with Gasteiger partial charge < -0.3 is 14.4 Å². The van der Waals surface area contributed by atoms with Gasteiger partial charge in [0.1, 0.15) is 18.0 Å². The number of amides is 1. The number of benzene rings is 1. The molecule has 0 bridgehead atoms. The molecule has 1 aromatic heterocycles. The van der Waals surface area contributed by atoms with Crippen LogP contribution < -0.4 is 15.0 Å². The maximum Gasteiger partial charge on any atom is 0.267 e. The maximum atomic E-state index is 12.6. The first-order valence-electron chi connectivity index (χ1n) is 9.20. The number of likely N-dealkylation sites (tertiary alicyclic amines) is 1. The van der Waals surface area contributed by atoms with Gasteiger partial charge in [0.2, 0.25) is 5.91 Å². The van der Waals surface area contributed by atoms with Crippen molar-refractivity contribution in [1.29, 1.82) is 0 Å². The van der Waals surface area contributed by atoms with Crippen LogP contribution in [0.15, 0.2) is 35.1 Å². The minimum absolute atomic E-state index is 0.0566. The van der Waals surface area contributed by atoms with Crippen LogP contribution in [0.1, 0.15) is 25.7 Å². The van der Waals surface area contributed by atoms with Crippen molar-refractivity contribution in [2.24, 2.45) is 0 Å². The molecule has 7 nitrogen and oxygen atoms in total. The van der Waals surface area contributed by atoms with E-state index in [2.05, 4.69) is 5.10 Å². The Morgan fingerprint density at radius 2 is 1.78 bits per heavy atom. The summed E-state index contributed by atoms with van der Waals surface area (Å²) in [5.74, 6) is 1.21. The molecular formula is C20H25N3O4. The Bertz CT molecular complexity index is 855. The number of nitrogens with zero attached hydrogens (tertiary/aromatic N) is 3. The van der Waals surface area contributed by atoms with Crippen LogP contribution in [0.5, 0.6) is 11.5 Å². The van der Waals surface area contributed by atoms with E-state index in [0.717, 1.165) is 38.8 Å². The normalized spacial score (nSPS) is 14.5. The highest BCUT2D eigenvalue weighted by Gasteiger charge is 2.18. The third-order valence-corrected chi connectivity index (χ3v) is 4.79. The first-order valence-corrected chi connectivity index (χ1v) is 9.20. The molecule has 0 spiro atoms. The topological polar surface area (TPSA) is 73.7 Å². The first kappa shape index (κ1) is 18.9. The summed E-state index contributed by atoms with van der Waals surface area (Å²) in [5, 5.41) is 4.41. The second-order valence-electron chi connectivity index (χ2n) is 6.58. The number of ether oxygens (including phenoxy) is 2. The van der Waals surface area contributed by atoms with Gasteiger partial charge in [-0.15, -0.1) is 0 Å². The quantitative estimate of drug-likeness (QED) is 0.806. The summed E-state index contributed by atoms with van der Waals surface area (Å²) in [6.07, 6.45) is 4.31. The van der Waals surface area contributed by atoms with E-state index >= 15 is 0 Å². The largest absolute Gasteiger partial charge is 0.497 e. The lowest BCUT2D eigenvalue weighted by molar-refractivity contribution is -0.132. The molecule has 0 unspecified atom stereocenters. The van der Waals surface area contributed by atoms with Gasteiger partial charge in [0.15, 0.2) is 0 Å². The number of aromatic nitrogens is 2. The smallest absolute Gasteiger partial charge is 0.267 e. The Labute approximate surface area is 158 Å². The van der Waals surface area contributed by atoms with Crippen LogP contribution in [0, 0.1) is 0 Å². The molecule has 1 fully saturated rings. The molecule has 1 aliphatic rings. The average molecular weight is 371 g/mol. The fraction of sp³-hybridized carbons (Fsp3) is 0.450. The summed E-state index contributed by atoms with van der Waals surface area (Å²) in [5.41, 5.74) is 0.950. The summed E-state index contributed by atoms with van der Waals surface area (Å²) >= 11 is 0. The molecule has 0 N–H and O–H groups in total. The minimum atomic E-state index is -0.302. The number of rotatable bonds is 5. The van der Waals surface area contributed by atoms with E-state index in [-0.39, 0.29) is 18.0 Å². The number of hydrogen-bond donors (Lipinski definition) is 0. The van der Waals surface area contributed by atoms with E-state index in [9.17, 15) is 9.59 Å². The average Bonchev–Trinajstić information content (AvgIpc) is 2.98. The van der Waals surface area contributed by atoms with Crippen molar-refractivity contribution < 1.29 is 14.3 Å². The standard InChI is InChI=1S/C20H25N3O4/c1-26-15-7-9-18(27-2)16(13-15)17-8-10-19(24)23(21-17)14-20(25)22-11-5-3-4-6-12-22/h7-10,13H,3-6,11-12,14H2,1-2H3. The van der Waals surface area contributed by atoms with Crippen LogP contribution in [0.4, 0.5) is 0 Å². The van der Waals surface area contributed by atoms with E-state index in [0.29, 0.717) is 22.8 Å². The van der Waals surface area contributed by atoms with Crippen molar-refractivity contribution in [3.05, 3.63) is 40.7 Å². The van der Waals surface area contributed by atoms with Crippen molar-refractivity contribution in [3.8, 4) is 22.8 Å². The third kappa shape index (κ3) is 4.48. The van der Waals surface area contributed by atoms with E-state index in [4.69, 9.17) is 9.47 Å². The minimum Gasteiger partial charge on any atom is -0.497 e. The predicted octanol–water partition coefficient (Wildman–Crippen LogP) is 2.33. The summed E-state index contributed by atoms with van der Waals surface area (Å²) in [4.78, 5) is 26.7. The molecule has 0 saturated carbocycles. The molecule has 144 valence electrons. The lowest BCUT2D eigenvalue weighted by Crippen LogP contribution is -2.37. The summed E-state index contributed by atoms with van der Waals surface area (Å²) in [6.45, 7) is 1.44. The number of methoxy groups -OCH3 is 2. The molecule has 2 aromatic rings. The summed E-state index contributed by atoms with van der Waals surface area (Å²) in [6, 6.07) is 8.44. The molecule has 1 saturated heterocycles. The van der Waals surface area contributed by atoms with Crippen LogP contribution in [0.25, 0.3) is 11.3 Å². The Balaban J connectivity index is 1.88. The highest BCUT2D eigenvalue weighted by Crippen LogP contribution is 2.31. The van der Waals surface area contributed by atoms with Gasteiger partial charge in [-0.3, -0.25) is 9.59 Å². The molecule has 27 heavy (non-hydrogen) atoms. The van der Waals surface area contributed by atoms with E-state index in [1.54, 1.807) is 38.5 Å². The van der Waals surface area contributed by atoms with Crippen LogP contribution in [-0.2, 0) is 11.3 Å². The fourth-order valence-corrected chi connectivity index (χ4v) is 3.27. The lowest BCUT2D eigenvalue weighted by atomic mass is 10.1. The lowest BCUT2D eigenvalue weighted by Gasteiger charge is -2.20. The van der Waals surface area contributed by atoms with Crippen LogP contribution in [0.3, 0.4) is 0 Å². The van der Waals surface area contributed by atoms with Gasteiger partial charge >= 0.3 is 0 Å². The summed E-state index contributed by atoms with van der Waals surface area (Å²) < 4.78 is 11.9. The maximum absolute atomic E-state index is 12.6. The van der Waals surface area contributed by atoms with Gasteiger partial charge in [0.05, 0.1) is 19.9 Å². The van der Waals surface area contributed by atoms with Crippen molar-refractivity contribution in [2.45, 2.75) is 32.2 Å². The van der Waals surface area contributed by atoms with E-state index in [1.807, 2.05) is 4.90 Å². The molecule has 1 amide bonds. The van der Waals surface area contributed by atoms with Gasteiger partial charge in [-0.2, -0.15) is 5.10 Å². The highest BCUT2D eigenvalue weighted by atomic mass is 16.5. The van der Waals surface area contributed by atoms with Crippen LogP contribution in [0.2, 0.25) is 0 Å². The van der Waals surface area contributed by atoms with Crippen molar-refractivity contribution in [3.63, 3.8) is 0 Å². The van der Waals surface area contributed by atoms with Crippen LogP contribution >= 0.6 is 0 Å². The molecule has 0 atom stereocenters. The Hall–Kier alpha value is -2.83. The van der Waals surface area contributed by atoms with Crippen LogP contribution in [-0.4, -0.2) is 47.9 Å². The zero-order valence-corrected chi connectivity index (χ0v) is 15.8. The molecule has 7 heteroatoms. The number of carbonyl (C=O) groups is 1. The second kappa shape index (κ2) is 8.70. The zero-order chi connectivity index (χ0) is 19.2. The summed E-state index contributed by atoms with van der Waals surface area (Å²) in [7, 11) is 3.16. The fourth-order valence-electron chi connectivity index (χ4n) is 3.27. The number of carbonyl (C=O) groups excluding carboxylic acids is 1. The Morgan fingerprint density at radius 1 is 1.04 bits per heavy atom. The second-order valence-corrected chi connectivity index (χ2v) is 6.58. The van der Waals surface area contributed by atoms with E-state index < -0.39 is 0 Å². The van der Waals surface area contributed by atoms with Gasteiger partial charge in [-0.05, 0) is 37.1 Å². The Morgan fingerprint density at radius 3 is 2.44 bits per heavy atom. The molecule has 3 rings (SSSR count). The van der Waals surface area contributed by atoms with Crippen molar-refractivity contribution in [2.75, 3.05) is 27.3 Å². The van der Waals surface area contributed by atoms with E-state index in [1.165, 1.54) is 10.7 Å². The van der Waals surface area contributed by atoms with Crippen molar-refractivity contribution in [1.82, 2.24) is 14.7 Å². The molecule has 0 aliphatic carbocycles. The van der Waals surface area contributed by atoms with Crippen molar-refractivity contribution >= 4 is 5.91 Å². The van der Waals surface area contributed by atoms with Gasteiger partial charge in [-0.1, -0.05) is 12.8 Å². The predicted molar refractivity (Wildman–Crippen MR) is 102 cm³/mol. The number of hydrogen-bond acceptors (Lipinski definition) is 5. The zero-order valence-electron chi connectivity index (χ0n) is 15.8. The van der Waals surface area contributed by atoms with Gasteiger partial charge in [-0.25, -0.2) is 4.68 Å². The molecule has 1 aromatic carbocycles. The first-order chi connectivity index (χ1) is 13.1.